The molecule has 2 aromatic carbocycles. The Balaban J connectivity index is 2.11. The third-order valence-corrected chi connectivity index (χ3v) is 2.55. The maximum Gasteiger partial charge on any atom is 0.221 e. The van der Waals surface area contributed by atoms with Crippen molar-refractivity contribution in [1.29, 1.82) is 0 Å². The van der Waals surface area contributed by atoms with Crippen LogP contribution in [-0.2, 0) is 4.79 Å². The second-order valence-corrected chi connectivity index (χ2v) is 4.15. The average Bonchev–Trinajstić information content (AvgIpc) is 2.34. The second-order valence-electron chi connectivity index (χ2n) is 3.74. The van der Waals surface area contributed by atoms with E-state index in [4.69, 9.17) is 16.3 Å². The number of benzene rings is 2. The molecular weight excluding hydrogens is 250 g/mol. The molecule has 0 spiro atoms. The van der Waals surface area contributed by atoms with Gasteiger partial charge < -0.3 is 10.1 Å². The van der Waals surface area contributed by atoms with Gasteiger partial charge in [0.15, 0.2) is 0 Å². The Labute approximate surface area is 110 Å². The van der Waals surface area contributed by atoms with Crippen LogP contribution in [0.3, 0.4) is 0 Å². The smallest absolute Gasteiger partial charge is 0.221 e. The Bertz CT molecular complexity index is 552. The number of nitrogens with one attached hydrogen (secondary N) is 1. The highest BCUT2D eigenvalue weighted by Gasteiger charge is 2.02. The molecule has 1 amide bonds. The van der Waals surface area contributed by atoms with E-state index < -0.39 is 0 Å². The summed E-state index contributed by atoms with van der Waals surface area (Å²) in [5.74, 6) is 1.17. The first kappa shape index (κ1) is 12.5. The van der Waals surface area contributed by atoms with E-state index in [2.05, 4.69) is 5.32 Å². The number of ether oxygens (including phenoxy) is 1. The SMILES string of the molecule is CC(=O)Nc1ccc(Oc2ccccc2Cl)cc1. The van der Waals surface area contributed by atoms with Crippen LogP contribution in [0, 0.1) is 0 Å². The number of amides is 1. The van der Waals surface area contributed by atoms with Crippen LogP contribution in [-0.4, -0.2) is 5.91 Å². The number of halogens is 1. The molecule has 4 heteroatoms. The van der Waals surface area contributed by atoms with Crippen LogP contribution in [0.4, 0.5) is 5.69 Å². The number of para-hydroxylation sites is 1. The van der Waals surface area contributed by atoms with Gasteiger partial charge in [0.2, 0.25) is 5.91 Å². The van der Waals surface area contributed by atoms with Crippen LogP contribution in [0.1, 0.15) is 6.92 Å². The predicted molar refractivity (Wildman–Crippen MR) is 72.3 cm³/mol. The first-order valence-electron chi connectivity index (χ1n) is 5.45. The molecule has 2 rings (SSSR count). The molecule has 0 aliphatic carbocycles. The molecule has 2 aromatic rings. The van der Waals surface area contributed by atoms with Crippen molar-refractivity contribution in [1.82, 2.24) is 0 Å². The van der Waals surface area contributed by atoms with Gasteiger partial charge in [-0.3, -0.25) is 4.79 Å². The zero-order chi connectivity index (χ0) is 13.0. The van der Waals surface area contributed by atoms with Crippen molar-refractivity contribution in [3.05, 3.63) is 53.6 Å². The lowest BCUT2D eigenvalue weighted by atomic mass is 10.3. The maximum atomic E-state index is 10.9. The molecule has 0 saturated heterocycles. The third kappa shape index (κ3) is 3.25. The number of hydrogen-bond donors (Lipinski definition) is 1. The monoisotopic (exact) mass is 261 g/mol. The molecule has 0 radical (unpaired) electrons. The molecular formula is C14H12ClNO2. The number of anilines is 1. The Hall–Kier alpha value is -2.00. The molecule has 0 aliphatic rings. The van der Waals surface area contributed by atoms with E-state index >= 15 is 0 Å². The van der Waals surface area contributed by atoms with Gasteiger partial charge in [0.1, 0.15) is 11.5 Å². The van der Waals surface area contributed by atoms with E-state index in [0.29, 0.717) is 16.5 Å². The van der Waals surface area contributed by atoms with Crippen molar-refractivity contribution in [2.24, 2.45) is 0 Å². The zero-order valence-corrected chi connectivity index (χ0v) is 10.6. The third-order valence-electron chi connectivity index (χ3n) is 2.24. The number of carbonyl (C=O) groups is 1. The second kappa shape index (κ2) is 5.56. The summed E-state index contributed by atoms with van der Waals surface area (Å²) in [6, 6.07) is 14.3. The minimum absolute atomic E-state index is 0.102. The van der Waals surface area contributed by atoms with E-state index in [-0.39, 0.29) is 5.91 Å². The van der Waals surface area contributed by atoms with Gasteiger partial charge in [0.25, 0.3) is 0 Å². The topological polar surface area (TPSA) is 38.3 Å². The van der Waals surface area contributed by atoms with Crippen LogP contribution in [0.15, 0.2) is 48.5 Å². The van der Waals surface area contributed by atoms with E-state index in [1.54, 1.807) is 36.4 Å². The highest BCUT2D eigenvalue weighted by molar-refractivity contribution is 6.32. The molecule has 18 heavy (non-hydrogen) atoms. The summed E-state index contributed by atoms with van der Waals surface area (Å²) in [5, 5.41) is 3.25. The van der Waals surface area contributed by atoms with E-state index in [1.165, 1.54) is 6.92 Å². The highest BCUT2D eigenvalue weighted by atomic mass is 35.5. The lowest BCUT2D eigenvalue weighted by molar-refractivity contribution is -0.114. The van der Waals surface area contributed by atoms with Crippen molar-refractivity contribution in [2.45, 2.75) is 6.92 Å². The highest BCUT2D eigenvalue weighted by Crippen LogP contribution is 2.29. The molecule has 1 N–H and O–H groups in total. The quantitative estimate of drug-likeness (QED) is 0.904. The molecule has 0 aromatic heterocycles. The Kier molecular flexibility index (Phi) is 3.85. The standard InChI is InChI=1S/C14H12ClNO2/c1-10(17)16-11-6-8-12(9-7-11)18-14-5-3-2-4-13(14)15/h2-9H,1H3,(H,16,17). The van der Waals surface area contributed by atoms with Gasteiger partial charge in [-0.05, 0) is 36.4 Å². The first-order valence-corrected chi connectivity index (χ1v) is 5.83. The summed E-state index contributed by atoms with van der Waals surface area (Å²) in [6.07, 6.45) is 0. The van der Waals surface area contributed by atoms with Crippen LogP contribution in [0.5, 0.6) is 11.5 Å². The zero-order valence-electron chi connectivity index (χ0n) is 9.81. The molecule has 0 unspecified atom stereocenters. The lowest BCUT2D eigenvalue weighted by Gasteiger charge is -2.08. The van der Waals surface area contributed by atoms with Gasteiger partial charge in [-0.15, -0.1) is 0 Å². The Morgan fingerprint density at radius 1 is 1.11 bits per heavy atom. The van der Waals surface area contributed by atoms with Gasteiger partial charge >= 0.3 is 0 Å². The fourth-order valence-electron chi connectivity index (χ4n) is 1.46. The number of hydrogen-bond acceptors (Lipinski definition) is 2. The van der Waals surface area contributed by atoms with E-state index in [0.717, 1.165) is 5.69 Å². The van der Waals surface area contributed by atoms with Gasteiger partial charge in [0.05, 0.1) is 5.02 Å². The Morgan fingerprint density at radius 3 is 2.39 bits per heavy atom. The molecule has 0 saturated carbocycles. The van der Waals surface area contributed by atoms with Crippen LogP contribution >= 0.6 is 11.6 Å². The molecule has 92 valence electrons. The molecule has 0 heterocycles. The van der Waals surface area contributed by atoms with Crippen molar-refractivity contribution in [3.63, 3.8) is 0 Å². The van der Waals surface area contributed by atoms with Crippen molar-refractivity contribution in [2.75, 3.05) is 5.32 Å². The fraction of sp³-hybridized carbons (Fsp3) is 0.0714. The first-order chi connectivity index (χ1) is 8.65. The maximum absolute atomic E-state index is 10.9. The van der Waals surface area contributed by atoms with Crippen molar-refractivity contribution >= 4 is 23.2 Å². The van der Waals surface area contributed by atoms with Crippen molar-refractivity contribution < 1.29 is 9.53 Å². The number of carbonyl (C=O) groups excluding carboxylic acids is 1. The van der Waals surface area contributed by atoms with Gasteiger partial charge in [-0.1, -0.05) is 23.7 Å². The fourth-order valence-corrected chi connectivity index (χ4v) is 1.64. The molecule has 0 atom stereocenters. The van der Waals surface area contributed by atoms with Crippen molar-refractivity contribution in [3.8, 4) is 11.5 Å². The summed E-state index contributed by atoms with van der Waals surface area (Å²) < 4.78 is 5.62. The minimum atomic E-state index is -0.102. The summed E-state index contributed by atoms with van der Waals surface area (Å²) in [5.41, 5.74) is 0.731. The van der Waals surface area contributed by atoms with E-state index in [9.17, 15) is 4.79 Å². The van der Waals surface area contributed by atoms with Gasteiger partial charge in [-0.25, -0.2) is 0 Å². The largest absolute Gasteiger partial charge is 0.456 e. The number of rotatable bonds is 3. The summed E-state index contributed by atoms with van der Waals surface area (Å²) in [7, 11) is 0. The molecule has 0 aliphatic heterocycles. The van der Waals surface area contributed by atoms with Crippen LogP contribution < -0.4 is 10.1 Å². The normalized spacial score (nSPS) is 9.89. The van der Waals surface area contributed by atoms with E-state index in [1.807, 2.05) is 12.1 Å². The summed E-state index contributed by atoms with van der Waals surface area (Å²) >= 11 is 5.99. The van der Waals surface area contributed by atoms with Gasteiger partial charge in [-0.2, -0.15) is 0 Å². The Morgan fingerprint density at radius 2 is 1.78 bits per heavy atom. The predicted octanol–water partition coefficient (Wildman–Crippen LogP) is 4.09. The van der Waals surface area contributed by atoms with Gasteiger partial charge in [0, 0.05) is 12.6 Å². The minimum Gasteiger partial charge on any atom is -0.456 e. The molecule has 0 bridgehead atoms. The lowest BCUT2D eigenvalue weighted by Crippen LogP contribution is -2.05. The summed E-state index contributed by atoms with van der Waals surface area (Å²) in [6.45, 7) is 1.47. The van der Waals surface area contributed by atoms with Crippen LogP contribution in [0.2, 0.25) is 5.02 Å². The molecule has 3 nitrogen and oxygen atoms in total. The summed E-state index contributed by atoms with van der Waals surface area (Å²) in [4.78, 5) is 10.9. The average molecular weight is 262 g/mol. The molecule has 0 fully saturated rings. The van der Waals surface area contributed by atoms with Crippen LogP contribution in [0.25, 0.3) is 0 Å².